The third-order valence-corrected chi connectivity index (χ3v) is 3.11. The molecule has 0 atom stereocenters. The highest BCUT2D eigenvalue weighted by Gasteiger charge is 2.11. The number of ether oxygens (including phenoxy) is 5. The number of halogens is 5. The molecule has 1 N–H and O–H groups in total. The fourth-order valence-electron chi connectivity index (χ4n) is 1.84. The van der Waals surface area contributed by atoms with Gasteiger partial charge < -0.3 is 28.8 Å². The summed E-state index contributed by atoms with van der Waals surface area (Å²) >= 11 is -1.72. The van der Waals surface area contributed by atoms with Gasteiger partial charge in [-0.3, -0.25) is 0 Å². The molecule has 2 rings (SSSR count). The largest absolute Gasteiger partial charge is 0.643 e. The number of hydrogen-bond acceptors (Lipinski definition) is 6. The maximum Gasteiger partial charge on any atom is 0.643 e. The van der Waals surface area contributed by atoms with Gasteiger partial charge in [0.2, 0.25) is 0 Å². The Hall–Kier alpha value is -1.50. The average Bonchev–Trinajstić information content (AvgIpc) is 2.68. The van der Waals surface area contributed by atoms with Gasteiger partial charge in [-0.2, -0.15) is 0 Å². The number of rotatable bonds is 5. The van der Waals surface area contributed by atoms with Gasteiger partial charge >= 0.3 is 11.4 Å². The van der Waals surface area contributed by atoms with E-state index < -0.39 is 23.0 Å². The van der Waals surface area contributed by atoms with Crippen LogP contribution in [0.3, 0.4) is 0 Å². The van der Waals surface area contributed by atoms with Crippen molar-refractivity contribution in [2.45, 2.75) is 0 Å². The van der Waals surface area contributed by atoms with E-state index in [4.69, 9.17) is 54.2 Å². The van der Waals surface area contributed by atoms with Crippen molar-refractivity contribution < 1.29 is 37.6 Å². The Kier molecular flexibility index (Phi) is 13.7. The van der Waals surface area contributed by atoms with Crippen LogP contribution >= 0.6 is 30.1 Å². The second kappa shape index (κ2) is 14.5. The lowest BCUT2D eigenvalue weighted by atomic mass is 10.3. The van der Waals surface area contributed by atoms with Crippen LogP contribution in [0.5, 0.6) is 34.5 Å². The van der Waals surface area contributed by atoms with E-state index in [9.17, 15) is 8.78 Å². The first-order valence-electron chi connectivity index (χ1n) is 7.63. The van der Waals surface area contributed by atoms with Crippen LogP contribution in [0.15, 0.2) is 24.3 Å². The van der Waals surface area contributed by atoms with Crippen molar-refractivity contribution in [1.82, 2.24) is 0 Å². The first-order chi connectivity index (χ1) is 13.6. The molecule has 0 aromatic heterocycles. The van der Waals surface area contributed by atoms with Crippen LogP contribution in [0.4, 0.5) is 8.78 Å². The van der Waals surface area contributed by atoms with E-state index in [1.165, 1.54) is 53.7 Å². The van der Waals surface area contributed by atoms with Crippen molar-refractivity contribution in [3.05, 3.63) is 35.9 Å². The highest BCUT2D eigenvalue weighted by Crippen LogP contribution is 2.33. The summed E-state index contributed by atoms with van der Waals surface area (Å²) in [7, 11) is 21.9. The smallest absolute Gasteiger partial charge is 0.504 e. The van der Waals surface area contributed by atoms with E-state index in [0.29, 0.717) is 11.5 Å². The molecular formula is C17H20AlCl3F2O6. The summed E-state index contributed by atoms with van der Waals surface area (Å²) < 4.78 is 50.0. The van der Waals surface area contributed by atoms with Gasteiger partial charge in [0.15, 0.2) is 46.1 Å². The third kappa shape index (κ3) is 9.70. The van der Waals surface area contributed by atoms with Crippen molar-refractivity contribution in [2.75, 3.05) is 35.5 Å². The Balaban J connectivity index is 0.000000459. The van der Waals surface area contributed by atoms with Gasteiger partial charge in [-0.25, -0.2) is 38.9 Å². The normalized spacial score (nSPS) is 9.17. The molecular weight excluding hydrogens is 472 g/mol. The Morgan fingerprint density at radius 2 is 0.931 bits per heavy atom. The third-order valence-electron chi connectivity index (χ3n) is 3.11. The average molecular weight is 492 g/mol. The molecule has 6 nitrogen and oxygen atoms in total. The molecule has 0 saturated heterocycles. The van der Waals surface area contributed by atoms with Crippen molar-refractivity contribution in [2.24, 2.45) is 0 Å². The van der Waals surface area contributed by atoms with Gasteiger partial charge in [-0.1, -0.05) is 0 Å². The molecule has 2 aromatic rings. The first-order valence-corrected chi connectivity index (χ1v) is 12.9. The predicted octanol–water partition coefficient (Wildman–Crippen LogP) is 5.09. The van der Waals surface area contributed by atoms with Crippen LogP contribution in [0.1, 0.15) is 0 Å². The number of phenols is 1. The number of methoxy groups -OCH3 is 5. The number of aromatic hydroxyl groups is 1. The van der Waals surface area contributed by atoms with E-state index in [1.54, 1.807) is 0 Å². The molecule has 162 valence electrons. The number of hydrogen-bond donors (Lipinski definition) is 1. The first kappa shape index (κ1) is 27.5. The minimum atomic E-state index is -1.72. The van der Waals surface area contributed by atoms with Crippen molar-refractivity contribution in [1.29, 1.82) is 0 Å². The van der Waals surface area contributed by atoms with E-state index in [2.05, 4.69) is 4.74 Å². The molecule has 0 bridgehead atoms. The zero-order valence-corrected chi connectivity index (χ0v) is 19.7. The minimum Gasteiger partial charge on any atom is -0.504 e. The zero-order chi connectivity index (χ0) is 22.6. The molecule has 0 spiro atoms. The van der Waals surface area contributed by atoms with Gasteiger partial charge in [0, 0.05) is 24.3 Å². The van der Waals surface area contributed by atoms with Crippen molar-refractivity contribution >= 4 is 41.5 Å². The molecule has 2 aromatic carbocycles. The van der Waals surface area contributed by atoms with E-state index in [1.807, 2.05) is 0 Å². The lowest BCUT2D eigenvalue weighted by Crippen LogP contribution is -1.94. The fraction of sp³-hybridized carbons (Fsp3) is 0.294. The van der Waals surface area contributed by atoms with Gasteiger partial charge in [0.1, 0.15) is 0 Å². The molecule has 0 aliphatic carbocycles. The zero-order valence-electron chi connectivity index (χ0n) is 16.3. The Morgan fingerprint density at radius 1 is 0.621 bits per heavy atom. The summed E-state index contributed by atoms with van der Waals surface area (Å²) in [6.45, 7) is 0. The van der Waals surface area contributed by atoms with E-state index >= 15 is 0 Å². The monoisotopic (exact) mass is 490 g/mol. The van der Waals surface area contributed by atoms with Crippen LogP contribution in [0.25, 0.3) is 0 Å². The minimum absolute atomic E-state index is 0.0460. The summed E-state index contributed by atoms with van der Waals surface area (Å²) in [5.41, 5.74) is 0. The molecule has 0 aliphatic heterocycles. The fourth-order valence-corrected chi connectivity index (χ4v) is 1.84. The molecule has 0 amide bonds. The Bertz CT molecular complexity index is 740. The summed E-state index contributed by atoms with van der Waals surface area (Å²) in [6.07, 6.45) is 0. The topological polar surface area (TPSA) is 66.4 Å². The van der Waals surface area contributed by atoms with Crippen LogP contribution in [-0.4, -0.2) is 52.0 Å². The lowest BCUT2D eigenvalue weighted by Gasteiger charge is -2.09. The summed E-state index contributed by atoms with van der Waals surface area (Å²) in [6, 6.07) is 4.88. The number of phenolic OH excluding ortho intramolecular Hbond substituents is 1. The van der Waals surface area contributed by atoms with Crippen molar-refractivity contribution in [3.8, 4) is 34.5 Å². The molecule has 0 aliphatic rings. The number of benzene rings is 2. The molecule has 0 radical (unpaired) electrons. The Labute approximate surface area is 184 Å². The summed E-state index contributed by atoms with van der Waals surface area (Å²) in [5.74, 6) is -0.163. The molecule has 29 heavy (non-hydrogen) atoms. The van der Waals surface area contributed by atoms with Crippen LogP contribution in [0.2, 0.25) is 0 Å². The quantitative estimate of drug-likeness (QED) is 0.588. The SMILES string of the molecule is COc1cc(OC)c(F)cc1O.COc1cc(OC)c(OC)cc1F.[Cl][Al]([Cl])[Cl]. The van der Waals surface area contributed by atoms with Gasteiger partial charge in [-0.15, -0.1) is 0 Å². The molecule has 0 heterocycles. The summed E-state index contributed by atoms with van der Waals surface area (Å²) in [4.78, 5) is 0. The van der Waals surface area contributed by atoms with Crippen LogP contribution in [-0.2, 0) is 0 Å². The van der Waals surface area contributed by atoms with Gasteiger partial charge in [0.25, 0.3) is 0 Å². The van der Waals surface area contributed by atoms with E-state index in [-0.39, 0.29) is 23.0 Å². The predicted molar refractivity (Wildman–Crippen MR) is 111 cm³/mol. The molecule has 0 saturated carbocycles. The standard InChI is InChI=1S/C9H11FO3.C8H9FO3.Al.3ClH/c1-11-7-5-9(13-3)8(12-2)4-6(7)10;1-11-7-4-8(12-2)6(10)3-5(7)9;;;;/h4-5H,1-3H3;3-4,10H,1-2H3;;3*1H/q;;+3;;;/p-3. The maximum absolute atomic E-state index is 13.1. The Morgan fingerprint density at radius 3 is 1.31 bits per heavy atom. The molecule has 12 heteroatoms. The molecule has 0 fully saturated rings. The van der Waals surface area contributed by atoms with Gasteiger partial charge in [-0.05, 0) is 0 Å². The highest BCUT2D eigenvalue weighted by atomic mass is 35.8. The van der Waals surface area contributed by atoms with Crippen LogP contribution in [0, 0.1) is 11.6 Å². The highest BCUT2D eigenvalue weighted by molar-refractivity contribution is 7.54. The maximum atomic E-state index is 13.1. The lowest BCUT2D eigenvalue weighted by molar-refractivity contribution is 0.339. The van der Waals surface area contributed by atoms with Crippen LogP contribution < -0.4 is 23.7 Å². The molecule has 0 unspecified atom stereocenters. The van der Waals surface area contributed by atoms with Crippen molar-refractivity contribution in [3.63, 3.8) is 0 Å². The second-order valence-corrected chi connectivity index (χ2v) is 11.2. The van der Waals surface area contributed by atoms with E-state index in [0.717, 1.165) is 6.07 Å². The summed E-state index contributed by atoms with van der Waals surface area (Å²) in [5, 5.41) is 9.09. The second-order valence-electron chi connectivity index (χ2n) is 4.75. The van der Waals surface area contributed by atoms with Gasteiger partial charge in [0.05, 0.1) is 35.5 Å².